The van der Waals surface area contributed by atoms with Crippen molar-refractivity contribution in [1.29, 1.82) is 0 Å². The summed E-state index contributed by atoms with van der Waals surface area (Å²) in [6, 6.07) is 16.2. The molecule has 4 N–H and O–H groups in total. The Balaban J connectivity index is 2.62. The third kappa shape index (κ3) is 2.90. The van der Waals surface area contributed by atoms with E-state index in [1.54, 1.807) is 0 Å². The number of benzene rings is 2. The molecule has 0 fully saturated rings. The highest BCUT2D eigenvalue weighted by Gasteiger charge is 2.30. The molecule has 19 heavy (non-hydrogen) atoms. The van der Waals surface area contributed by atoms with Crippen LogP contribution in [0.1, 0.15) is 20.8 Å². The first-order chi connectivity index (χ1) is 8.91. The van der Waals surface area contributed by atoms with Gasteiger partial charge in [-0.1, -0.05) is 57.2 Å². The Hall–Kier alpha value is -1.53. The molecule has 2 nitrogen and oxygen atoms in total. The maximum Gasteiger partial charge on any atom is 0.0395 e. The van der Waals surface area contributed by atoms with Gasteiger partial charge in [0.25, 0.3) is 0 Å². The molecule has 100 valence electrons. The Morgan fingerprint density at radius 1 is 0.737 bits per heavy atom. The maximum absolute atomic E-state index is 6.18. The highest BCUT2D eigenvalue weighted by atomic mass is 31.1. The predicted octanol–water partition coefficient (Wildman–Crippen LogP) is 3.08. The van der Waals surface area contributed by atoms with Crippen molar-refractivity contribution >= 4 is 29.9 Å². The zero-order valence-electron chi connectivity index (χ0n) is 11.7. The molecule has 0 atom stereocenters. The monoisotopic (exact) mass is 272 g/mol. The van der Waals surface area contributed by atoms with Crippen LogP contribution in [-0.4, -0.2) is 5.16 Å². The fraction of sp³-hybridized carbons (Fsp3) is 0.250. The fourth-order valence-corrected chi connectivity index (χ4v) is 5.08. The first-order valence-corrected chi connectivity index (χ1v) is 7.74. The molecule has 0 amide bonds. The summed E-state index contributed by atoms with van der Waals surface area (Å²) < 4.78 is 0. The van der Waals surface area contributed by atoms with Gasteiger partial charge < -0.3 is 11.5 Å². The lowest BCUT2D eigenvalue weighted by Gasteiger charge is -2.33. The zero-order valence-corrected chi connectivity index (χ0v) is 12.6. The summed E-state index contributed by atoms with van der Waals surface area (Å²) in [7, 11) is -0.584. The smallest absolute Gasteiger partial charge is 0.0395 e. The summed E-state index contributed by atoms with van der Waals surface area (Å²) >= 11 is 0. The van der Waals surface area contributed by atoms with Gasteiger partial charge in [-0.2, -0.15) is 0 Å². The zero-order chi connectivity index (χ0) is 14.0. The lowest BCUT2D eigenvalue weighted by atomic mass is 10.2. The first-order valence-electron chi connectivity index (χ1n) is 6.40. The minimum absolute atomic E-state index is 0.111. The van der Waals surface area contributed by atoms with Crippen LogP contribution in [0.4, 0.5) is 11.4 Å². The van der Waals surface area contributed by atoms with Crippen molar-refractivity contribution in [2.45, 2.75) is 25.9 Å². The van der Waals surface area contributed by atoms with Crippen LogP contribution in [0.15, 0.2) is 48.5 Å². The molecule has 0 saturated heterocycles. The minimum atomic E-state index is -0.584. The van der Waals surface area contributed by atoms with Crippen LogP contribution in [0.25, 0.3) is 0 Å². The molecular formula is C16H21N2P. The van der Waals surface area contributed by atoms with Crippen LogP contribution in [0.3, 0.4) is 0 Å². The van der Waals surface area contributed by atoms with Crippen molar-refractivity contribution in [2.24, 2.45) is 0 Å². The molecule has 2 aromatic carbocycles. The molecular weight excluding hydrogens is 251 g/mol. The predicted molar refractivity (Wildman–Crippen MR) is 87.6 cm³/mol. The lowest BCUT2D eigenvalue weighted by Crippen LogP contribution is -2.29. The van der Waals surface area contributed by atoms with Crippen LogP contribution in [0, 0.1) is 0 Å². The number of nitrogen functional groups attached to an aromatic ring is 2. The molecule has 3 heteroatoms. The van der Waals surface area contributed by atoms with Crippen LogP contribution in [0.5, 0.6) is 0 Å². The SMILES string of the molecule is CC(C)(C)P(c1ccccc1N)c1ccccc1N. The van der Waals surface area contributed by atoms with E-state index >= 15 is 0 Å². The van der Waals surface area contributed by atoms with E-state index in [1.165, 1.54) is 10.6 Å². The molecule has 0 unspecified atom stereocenters. The molecule has 0 aliphatic carbocycles. The molecule has 0 aliphatic heterocycles. The van der Waals surface area contributed by atoms with E-state index in [0.29, 0.717) is 0 Å². The molecule has 0 aromatic heterocycles. The van der Waals surface area contributed by atoms with Crippen molar-refractivity contribution in [3.63, 3.8) is 0 Å². The number of rotatable bonds is 2. The number of nitrogens with two attached hydrogens (primary N) is 2. The molecule has 0 spiro atoms. The average Bonchev–Trinajstić information content (AvgIpc) is 2.33. The molecule has 2 aromatic rings. The van der Waals surface area contributed by atoms with Crippen molar-refractivity contribution in [1.82, 2.24) is 0 Å². The number of hydrogen-bond donors (Lipinski definition) is 2. The van der Waals surface area contributed by atoms with Gasteiger partial charge in [-0.25, -0.2) is 0 Å². The van der Waals surface area contributed by atoms with E-state index < -0.39 is 7.92 Å². The fourth-order valence-electron chi connectivity index (χ4n) is 2.23. The number of para-hydroxylation sites is 2. The van der Waals surface area contributed by atoms with Gasteiger partial charge in [0, 0.05) is 22.0 Å². The van der Waals surface area contributed by atoms with E-state index in [1.807, 2.05) is 36.4 Å². The topological polar surface area (TPSA) is 52.0 Å². The first kappa shape index (κ1) is 13.9. The molecule has 2 rings (SSSR count). The van der Waals surface area contributed by atoms with E-state index in [2.05, 4.69) is 32.9 Å². The van der Waals surface area contributed by atoms with E-state index in [-0.39, 0.29) is 5.16 Å². The second-order valence-corrected chi connectivity index (χ2v) is 8.60. The van der Waals surface area contributed by atoms with Crippen molar-refractivity contribution in [3.05, 3.63) is 48.5 Å². The Bertz CT molecular complexity index is 527. The van der Waals surface area contributed by atoms with Gasteiger partial charge in [0.15, 0.2) is 0 Å². The summed E-state index contributed by atoms with van der Waals surface area (Å²) in [6.45, 7) is 6.74. The standard InChI is InChI=1S/C16H21N2P/c1-16(2,3)19(14-10-6-4-8-12(14)17)15-11-7-5-9-13(15)18/h4-11H,17-18H2,1-3H3. The van der Waals surface area contributed by atoms with Crippen molar-refractivity contribution in [2.75, 3.05) is 11.5 Å². The summed E-state index contributed by atoms with van der Waals surface area (Å²) in [5, 5.41) is 2.53. The largest absolute Gasteiger partial charge is 0.398 e. The normalized spacial score (nSPS) is 11.8. The van der Waals surface area contributed by atoms with Crippen molar-refractivity contribution < 1.29 is 0 Å². The Morgan fingerprint density at radius 3 is 1.42 bits per heavy atom. The van der Waals surface area contributed by atoms with Crippen LogP contribution >= 0.6 is 7.92 Å². The third-order valence-corrected chi connectivity index (χ3v) is 6.15. The quantitative estimate of drug-likeness (QED) is 0.652. The third-order valence-electron chi connectivity index (χ3n) is 3.03. The maximum atomic E-state index is 6.18. The molecule has 0 radical (unpaired) electrons. The van der Waals surface area contributed by atoms with Crippen LogP contribution in [0.2, 0.25) is 0 Å². The highest BCUT2D eigenvalue weighted by molar-refractivity contribution is 7.75. The Labute approximate surface area is 116 Å². The number of anilines is 2. The van der Waals surface area contributed by atoms with Crippen LogP contribution in [-0.2, 0) is 0 Å². The van der Waals surface area contributed by atoms with Gasteiger partial charge in [-0.15, -0.1) is 0 Å². The minimum Gasteiger partial charge on any atom is -0.398 e. The van der Waals surface area contributed by atoms with Gasteiger partial charge in [-0.3, -0.25) is 0 Å². The Morgan fingerprint density at radius 2 is 1.11 bits per heavy atom. The average molecular weight is 272 g/mol. The second kappa shape index (κ2) is 5.22. The van der Waals surface area contributed by atoms with Gasteiger partial charge in [0.05, 0.1) is 0 Å². The summed E-state index contributed by atoms with van der Waals surface area (Å²) in [4.78, 5) is 0. The lowest BCUT2D eigenvalue weighted by molar-refractivity contribution is 0.793. The van der Waals surface area contributed by atoms with E-state index in [9.17, 15) is 0 Å². The molecule has 0 bridgehead atoms. The summed E-state index contributed by atoms with van der Waals surface area (Å²) in [6.07, 6.45) is 0. The summed E-state index contributed by atoms with van der Waals surface area (Å²) in [5.74, 6) is 0. The molecule has 0 saturated carbocycles. The van der Waals surface area contributed by atoms with Gasteiger partial charge in [0.2, 0.25) is 0 Å². The van der Waals surface area contributed by atoms with E-state index in [4.69, 9.17) is 11.5 Å². The second-order valence-electron chi connectivity index (χ2n) is 5.62. The van der Waals surface area contributed by atoms with Gasteiger partial charge in [-0.05, 0) is 25.2 Å². The highest BCUT2D eigenvalue weighted by Crippen LogP contribution is 2.49. The van der Waals surface area contributed by atoms with Gasteiger partial charge in [0.1, 0.15) is 0 Å². The van der Waals surface area contributed by atoms with Crippen molar-refractivity contribution in [3.8, 4) is 0 Å². The van der Waals surface area contributed by atoms with Crippen LogP contribution < -0.4 is 22.1 Å². The Kier molecular flexibility index (Phi) is 3.82. The molecule has 0 heterocycles. The number of hydrogen-bond acceptors (Lipinski definition) is 2. The van der Waals surface area contributed by atoms with E-state index in [0.717, 1.165) is 11.4 Å². The molecule has 0 aliphatic rings. The van der Waals surface area contributed by atoms with Gasteiger partial charge >= 0.3 is 0 Å². The summed E-state index contributed by atoms with van der Waals surface area (Å²) in [5.41, 5.74) is 14.1.